The fraction of sp³-hybridized carbons (Fsp3) is 0.464. The Balaban J connectivity index is 1.65. The minimum absolute atomic E-state index is 0.0942. The number of hydrogen-bond donors (Lipinski definition) is 1. The lowest BCUT2D eigenvalue weighted by atomic mass is 9.75. The number of amides is 1. The fourth-order valence-corrected chi connectivity index (χ4v) is 4.64. The molecule has 1 saturated carbocycles. The Hall–Kier alpha value is -3.15. The first-order chi connectivity index (χ1) is 16.2. The zero-order chi connectivity index (χ0) is 24.8. The van der Waals surface area contributed by atoms with E-state index >= 15 is 0 Å². The highest BCUT2D eigenvalue weighted by Crippen LogP contribution is 2.35. The molecule has 6 heteroatoms. The summed E-state index contributed by atoms with van der Waals surface area (Å²) in [6.07, 6.45) is 2.80. The number of carbonyl (C=O) groups is 3. The van der Waals surface area contributed by atoms with Gasteiger partial charge in [0.2, 0.25) is 0 Å². The number of nitrogens with one attached hydrogen (secondary N) is 1. The Morgan fingerprint density at radius 1 is 1.00 bits per heavy atom. The fourth-order valence-electron chi connectivity index (χ4n) is 4.64. The van der Waals surface area contributed by atoms with Crippen molar-refractivity contribution in [2.75, 3.05) is 11.9 Å². The topological polar surface area (TPSA) is 81.7 Å². The Bertz CT molecular complexity index is 1040. The highest BCUT2D eigenvalue weighted by molar-refractivity contribution is 6.04. The number of benzene rings is 2. The van der Waals surface area contributed by atoms with Crippen LogP contribution in [0.5, 0.6) is 0 Å². The van der Waals surface area contributed by atoms with E-state index in [9.17, 15) is 14.4 Å². The third-order valence-corrected chi connectivity index (χ3v) is 6.58. The summed E-state index contributed by atoms with van der Waals surface area (Å²) in [7, 11) is 0. The maximum atomic E-state index is 13.0. The normalized spacial score (nSPS) is 20.0. The molecule has 2 aromatic carbocycles. The van der Waals surface area contributed by atoms with E-state index in [0.717, 1.165) is 30.4 Å². The Morgan fingerprint density at radius 3 is 2.32 bits per heavy atom. The van der Waals surface area contributed by atoms with Crippen LogP contribution in [0.3, 0.4) is 0 Å². The maximum absolute atomic E-state index is 13.0. The molecular weight excluding hydrogens is 430 g/mol. The lowest BCUT2D eigenvalue weighted by Crippen LogP contribution is -2.36. The van der Waals surface area contributed by atoms with Crippen molar-refractivity contribution in [2.24, 2.45) is 17.8 Å². The zero-order valence-corrected chi connectivity index (χ0v) is 20.7. The van der Waals surface area contributed by atoms with Gasteiger partial charge < -0.3 is 14.8 Å². The molecule has 0 aliphatic heterocycles. The molecule has 6 nitrogen and oxygen atoms in total. The van der Waals surface area contributed by atoms with E-state index in [4.69, 9.17) is 9.47 Å². The van der Waals surface area contributed by atoms with Gasteiger partial charge in [-0.1, -0.05) is 57.0 Å². The molecule has 1 amide bonds. The molecule has 34 heavy (non-hydrogen) atoms. The number of esters is 2. The van der Waals surface area contributed by atoms with Crippen LogP contribution in [-0.2, 0) is 14.3 Å². The molecule has 0 unspecified atom stereocenters. The van der Waals surface area contributed by atoms with Gasteiger partial charge >= 0.3 is 11.9 Å². The smallest absolute Gasteiger partial charge is 0.339 e. The molecule has 0 spiro atoms. The van der Waals surface area contributed by atoms with Gasteiger partial charge in [0.15, 0.2) is 6.61 Å². The van der Waals surface area contributed by atoms with Gasteiger partial charge in [-0.3, -0.25) is 4.79 Å². The van der Waals surface area contributed by atoms with Crippen molar-refractivity contribution >= 4 is 23.5 Å². The number of anilines is 1. The van der Waals surface area contributed by atoms with E-state index in [-0.39, 0.29) is 17.2 Å². The summed E-state index contributed by atoms with van der Waals surface area (Å²) in [6, 6.07) is 12.1. The second-order valence-electron chi connectivity index (χ2n) is 9.76. The van der Waals surface area contributed by atoms with Crippen LogP contribution < -0.4 is 5.32 Å². The minimum atomic E-state index is -0.735. The molecule has 1 N–H and O–H groups in total. The molecule has 0 aromatic heterocycles. The van der Waals surface area contributed by atoms with Crippen molar-refractivity contribution < 1.29 is 23.9 Å². The van der Waals surface area contributed by atoms with Crippen molar-refractivity contribution in [3.8, 4) is 0 Å². The van der Waals surface area contributed by atoms with E-state index in [2.05, 4.69) is 26.1 Å². The van der Waals surface area contributed by atoms with Gasteiger partial charge in [0, 0.05) is 5.69 Å². The first kappa shape index (κ1) is 25.5. The summed E-state index contributed by atoms with van der Waals surface area (Å²) in [5, 5.41) is 2.75. The van der Waals surface area contributed by atoms with Crippen molar-refractivity contribution in [3.05, 3.63) is 64.7 Å². The highest BCUT2D eigenvalue weighted by Gasteiger charge is 2.34. The summed E-state index contributed by atoms with van der Waals surface area (Å²) >= 11 is 0. The van der Waals surface area contributed by atoms with E-state index < -0.39 is 24.5 Å². The standard InChI is InChI=1S/C28H35NO5/c1-17(2)21-12-10-19(4)15-25(21)34-28(32)23-9-7-6-8-22(23)27(31)33-16-26(30)29-24-13-11-18(3)14-20(24)5/h6-9,11,13-14,17,19,21,25H,10,12,15-16H2,1-5H3,(H,29,30)/t19-,21+,25-/m1/s1. The van der Waals surface area contributed by atoms with E-state index in [1.165, 1.54) is 6.07 Å². The maximum Gasteiger partial charge on any atom is 0.339 e. The molecule has 1 fully saturated rings. The van der Waals surface area contributed by atoms with Gasteiger partial charge in [-0.25, -0.2) is 9.59 Å². The minimum Gasteiger partial charge on any atom is -0.458 e. The molecule has 182 valence electrons. The predicted octanol–water partition coefficient (Wildman–Crippen LogP) is 5.72. The van der Waals surface area contributed by atoms with Crippen molar-refractivity contribution in [3.63, 3.8) is 0 Å². The molecule has 3 rings (SSSR count). The van der Waals surface area contributed by atoms with E-state index in [0.29, 0.717) is 23.4 Å². The average Bonchev–Trinajstić information content (AvgIpc) is 2.79. The third kappa shape index (κ3) is 6.46. The number of carbonyl (C=O) groups excluding carboxylic acids is 3. The molecule has 0 heterocycles. The molecule has 3 atom stereocenters. The van der Waals surface area contributed by atoms with Crippen molar-refractivity contribution in [1.29, 1.82) is 0 Å². The number of rotatable bonds is 7. The molecule has 0 saturated heterocycles. The predicted molar refractivity (Wildman–Crippen MR) is 132 cm³/mol. The van der Waals surface area contributed by atoms with Gasteiger partial charge in [0.25, 0.3) is 5.91 Å². The summed E-state index contributed by atoms with van der Waals surface area (Å²) in [5.74, 6) is -0.521. The van der Waals surface area contributed by atoms with E-state index in [1.54, 1.807) is 18.2 Å². The summed E-state index contributed by atoms with van der Waals surface area (Å²) in [6.45, 7) is 9.89. The molecule has 1 aliphatic rings. The SMILES string of the molecule is Cc1ccc(NC(=O)COC(=O)c2ccccc2C(=O)O[C@@H]2C[C@H](C)CC[C@H]2C(C)C)c(C)c1. The van der Waals surface area contributed by atoms with Crippen LogP contribution >= 0.6 is 0 Å². The van der Waals surface area contributed by atoms with Gasteiger partial charge in [-0.2, -0.15) is 0 Å². The third-order valence-electron chi connectivity index (χ3n) is 6.58. The second-order valence-corrected chi connectivity index (χ2v) is 9.76. The monoisotopic (exact) mass is 465 g/mol. The average molecular weight is 466 g/mol. The van der Waals surface area contributed by atoms with E-state index in [1.807, 2.05) is 32.0 Å². The van der Waals surface area contributed by atoms with Crippen LogP contribution in [0.25, 0.3) is 0 Å². The molecular formula is C28H35NO5. The van der Waals surface area contributed by atoms with Crippen molar-refractivity contribution in [2.45, 2.75) is 60.0 Å². The summed E-state index contributed by atoms with van der Waals surface area (Å²) < 4.78 is 11.1. The van der Waals surface area contributed by atoms with Crippen LogP contribution in [0.2, 0.25) is 0 Å². The van der Waals surface area contributed by atoms with Crippen molar-refractivity contribution in [1.82, 2.24) is 0 Å². The molecule has 1 aliphatic carbocycles. The summed E-state index contributed by atoms with van der Waals surface area (Å²) in [4.78, 5) is 38.1. The Kier molecular flexibility index (Phi) is 8.48. The quantitative estimate of drug-likeness (QED) is 0.529. The lowest BCUT2D eigenvalue weighted by Gasteiger charge is -2.36. The van der Waals surface area contributed by atoms with Crippen LogP contribution in [0.1, 0.15) is 71.9 Å². The van der Waals surface area contributed by atoms with Crippen LogP contribution in [0.15, 0.2) is 42.5 Å². The Morgan fingerprint density at radius 2 is 1.68 bits per heavy atom. The van der Waals surface area contributed by atoms with Crippen LogP contribution in [0.4, 0.5) is 5.69 Å². The first-order valence-electron chi connectivity index (χ1n) is 12.0. The van der Waals surface area contributed by atoms with Crippen LogP contribution in [0, 0.1) is 31.6 Å². The Labute approximate surface area is 202 Å². The highest BCUT2D eigenvalue weighted by atomic mass is 16.5. The largest absolute Gasteiger partial charge is 0.458 e. The van der Waals surface area contributed by atoms with Gasteiger partial charge in [0.05, 0.1) is 11.1 Å². The van der Waals surface area contributed by atoms with Gasteiger partial charge in [-0.15, -0.1) is 0 Å². The van der Waals surface area contributed by atoms with Gasteiger partial charge in [-0.05, 0) is 68.2 Å². The first-order valence-corrected chi connectivity index (χ1v) is 12.0. The summed E-state index contributed by atoms with van der Waals surface area (Å²) in [5.41, 5.74) is 2.93. The zero-order valence-electron chi connectivity index (χ0n) is 20.7. The second kappa shape index (κ2) is 11.3. The molecule has 2 aromatic rings. The van der Waals surface area contributed by atoms with Crippen LogP contribution in [-0.4, -0.2) is 30.6 Å². The number of aryl methyl sites for hydroxylation is 2. The number of hydrogen-bond acceptors (Lipinski definition) is 5. The number of ether oxygens (including phenoxy) is 2. The molecule has 0 radical (unpaired) electrons. The van der Waals surface area contributed by atoms with Gasteiger partial charge in [0.1, 0.15) is 6.10 Å². The molecule has 0 bridgehead atoms. The lowest BCUT2D eigenvalue weighted by molar-refractivity contribution is -0.119.